The number of rotatable bonds is 7. The molecule has 2 aromatic carbocycles. The second-order valence-corrected chi connectivity index (χ2v) is 7.63. The van der Waals surface area contributed by atoms with Crippen molar-refractivity contribution < 1.29 is 23.9 Å². The zero-order chi connectivity index (χ0) is 24.1. The minimum absolute atomic E-state index is 0.0125. The van der Waals surface area contributed by atoms with Gasteiger partial charge < -0.3 is 15.7 Å². The number of benzene rings is 2. The lowest BCUT2D eigenvalue weighted by atomic mass is 10.0. The molecule has 3 aromatic rings. The van der Waals surface area contributed by atoms with Crippen molar-refractivity contribution in [2.45, 2.75) is 33.4 Å². The molecule has 2 amide bonds. The number of aryl methyl sites for hydroxylation is 2. The SMILES string of the molecule is Cc1cc(CNC(=O)c2cc(C(=O)N[C@@H](C)c3ccc(C(=O)O)c(C)c3)ncn2)ccc1F. The van der Waals surface area contributed by atoms with Crippen LogP contribution in [0.3, 0.4) is 0 Å². The summed E-state index contributed by atoms with van der Waals surface area (Å²) in [6.45, 7) is 5.25. The molecule has 1 heterocycles. The minimum atomic E-state index is -1.02. The van der Waals surface area contributed by atoms with Crippen LogP contribution in [0.15, 0.2) is 48.8 Å². The number of carboxylic acid groups (broad SMARTS) is 1. The van der Waals surface area contributed by atoms with Crippen LogP contribution in [0.2, 0.25) is 0 Å². The Balaban J connectivity index is 1.66. The van der Waals surface area contributed by atoms with Crippen molar-refractivity contribution in [1.82, 2.24) is 20.6 Å². The first-order valence-corrected chi connectivity index (χ1v) is 10.2. The first kappa shape index (κ1) is 23.5. The number of aromatic carboxylic acids is 1. The monoisotopic (exact) mass is 450 g/mol. The summed E-state index contributed by atoms with van der Waals surface area (Å²) in [5.41, 5.74) is 2.74. The van der Waals surface area contributed by atoms with Crippen molar-refractivity contribution in [1.29, 1.82) is 0 Å². The van der Waals surface area contributed by atoms with Crippen LogP contribution >= 0.6 is 0 Å². The summed E-state index contributed by atoms with van der Waals surface area (Å²) < 4.78 is 13.4. The molecule has 170 valence electrons. The molecular weight excluding hydrogens is 427 g/mol. The summed E-state index contributed by atoms with van der Waals surface area (Å²) in [5, 5.41) is 14.6. The largest absolute Gasteiger partial charge is 0.478 e. The van der Waals surface area contributed by atoms with Gasteiger partial charge in [0.15, 0.2) is 0 Å². The first-order valence-electron chi connectivity index (χ1n) is 10.2. The Labute approximate surface area is 189 Å². The average molecular weight is 450 g/mol. The van der Waals surface area contributed by atoms with Crippen molar-refractivity contribution in [2.24, 2.45) is 0 Å². The summed E-state index contributed by atoms with van der Waals surface area (Å²) in [4.78, 5) is 44.1. The van der Waals surface area contributed by atoms with Crippen molar-refractivity contribution in [3.8, 4) is 0 Å². The molecule has 0 spiro atoms. The standard InChI is InChI=1S/C24H23FN4O4/c1-13-9-17(5-6-18(13)24(32)33)15(3)29-23(31)21-10-20(27-12-28-21)22(30)26-11-16-4-7-19(25)14(2)8-16/h4-10,12,15H,11H2,1-3H3,(H,26,30)(H,29,31)(H,32,33)/t15-/m0/s1. The Morgan fingerprint density at radius 1 is 0.970 bits per heavy atom. The molecule has 3 N–H and O–H groups in total. The molecule has 8 nitrogen and oxygen atoms in total. The maximum absolute atomic E-state index is 13.4. The van der Waals surface area contributed by atoms with Gasteiger partial charge in [0.2, 0.25) is 0 Å². The third-order valence-corrected chi connectivity index (χ3v) is 5.14. The minimum Gasteiger partial charge on any atom is -0.478 e. The van der Waals surface area contributed by atoms with Gasteiger partial charge in [-0.05, 0) is 55.2 Å². The van der Waals surface area contributed by atoms with Gasteiger partial charge >= 0.3 is 5.97 Å². The lowest BCUT2D eigenvalue weighted by molar-refractivity contribution is 0.0695. The van der Waals surface area contributed by atoms with Gasteiger partial charge in [-0.3, -0.25) is 9.59 Å². The second-order valence-electron chi connectivity index (χ2n) is 7.63. The summed E-state index contributed by atoms with van der Waals surface area (Å²) in [6.07, 6.45) is 1.13. The summed E-state index contributed by atoms with van der Waals surface area (Å²) in [7, 11) is 0. The molecule has 1 aromatic heterocycles. The smallest absolute Gasteiger partial charge is 0.335 e. The molecule has 9 heteroatoms. The topological polar surface area (TPSA) is 121 Å². The highest BCUT2D eigenvalue weighted by atomic mass is 19.1. The van der Waals surface area contributed by atoms with Gasteiger partial charge in [-0.15, -0.1) is 0 Å². The Hall–Kier alpha value is -4.14. The first-order chi connectivity index (χ1) is 15.7. The Morgan fingerprint density at radius 3 is 2.30 bits per heavy atom. The van der Waals surface area contributed by atoms with E-state index in [0.29, 0.717) is 11.1 Å². The molecule has 0 aliphatic heterocycles. The Bertz CT molecular complexity index is 1230. The van der Waals surface area contributed by atoms with Gasteiger partial charge in [-0.2, -0.15) is 0 Å². The maximum Gasteiger partial charge on any atom is 0.335 e. The summed E-state index contributed by atoms with van der Waals surface area (Å²) >= 11 is 0. The number of amides is 2. The number of halogens is 1. The van der Waals surface area contributed by atoms with E-state index in [9.17, 15) is 18.8 Å². The quantitative estimate of drug-likeness (QED) is 0.508. The van der Waals surface area contributed by atoms with Gasteiger partial charge in [-0.1, -0.05) is 24.3 Å². The van der Waals surface area contributed by atoms with E-state index in [1.54, 1.807) is 45.0 Å². The van der Waals surface area contributed by atoms with Crippen LogP contribution in [0, 0.1) is 19.7 Å². The number of nitrogens with zero attached hydrogens (tertiary/aromatic N) is 2. The van der Waals surface area contributed by atoms with Crippen LogP contribution in [-0.4, -0.2) is 32.9 Å². The van der Waals surface area contributed by atoms with Crippen molar-refractivity contribution >= 4 is 17.8 Å². The number of carbonyl (C=O) groups excluding carboxylic acids is 2. The number of carbonyl (C=O) groups is 3. The molecular formula is C24H23FN4O4. The van der Waals surface area contributed by atoms with E-state index >= 15 is 0 Å². The number of hydrogen-bond donors (Lipinski definition) is 3. The van der Waals surface area contributed by atoms with E-state index in [-0.39, 0.29) is 29.3 Å². The third kappa shape index (κ3) is 5.76. The fraction of sp³-hybridized carbons (Fsp3) is 0.208. The Kier molecular flexibility index (Phi) is 7.12. The van der Waals surface area contributed by atoms with Crippen LogP contribution in [-0.2, 0) is 6.54 Å². The van der Waals surface area contributed by atoms with Crippen molar-refractivity contribution in [3.05, 3.63) is 93.8 Å². The number of aromatic nitrogens is 2. The molecule has 0 radical (unpaired) electrons. The van der Waals surface area contributed by atoms with E-state index in [2.05, 4.69) is 20.6 Å². The van der Waals surface area contributed by atoms with Crippen LogP contribution in [0.25, 0.3) is 0 Å². The van der Waals surface area contributed by atoms with Crippen LogP contribution < -0.4 is 10.6 Å². The summed E-state index contributed by atoms with van der Waals surface area (Å²) in [6, 6.07) is 10.2. The molecule has 0 saturated heterocycles. The molecule has 33 heavy (non-hydrogen) atoms. The fourth-order valence-corrected chi connectivity index (χ4v) is 3.25. The van der Waals surface area contributed by atoms with Gasteiger partial charge in [0.25, 0.3) is 11.8 Å². The number of nitrogens with one attached hydrogen (secondary N) is 2. The maximum atomic E-state index is 13.4. The lowest BCUT2D eigenvalue weighted by Gasteiger charge is -2.15. The number of carboxylic acids is 1. The lowest BCUT2D eigenvalue weighted by Crippen LogP contribution is -2.29. The molecule has 0 aliphatic carbocycles. The van der Waals surface area contributed by atoms with E-state index in [1.807, 2.05) is 0 Å². The average Bonchev–Trinajstić information content (AvgIpc) is 2.79. The van der Waals surface area contributed by atoms with E-state index in [0.717, 1.165) is 17.5 Å². The highest BCUT2D eigenvalue weighted by molar-refractivity contribution is 5.97. The second kappa shape index (κ2) is 9.99. The number of hydrogen-bond acceptors (Lipinski definition) is 5. The predicted molar refractivity (Wildman–Crippen MR) is 118 cm³/mol. The van der Waals surface area contributed by atoms with Crippen LogP contribution in [0.5, 0.6) is 0 Å². The molecule has 1 atom stereocenters. The molecule has 0 bridgehead atoms. The highest BCUT2D eigenvalue weighted by Gasteiger charge is 2.17. The molecule has 0 aliphatic rings. The van der Waals surface area contributed by atoms with Gasteiger partial charge in [0.1, 0.15) is 23.5 Å². The van der Waals surface area contributed by atoms with Crippen molar-refractivity contribution in [3.63, 3.8) is 0 Å². The zero-order valence-corrected chi connectivity index (χ0v) is 18.3. The molecule has 0 fully saturated rings. The van der Waals surface area contributed by atoms with E-state index < -0.39 is 23.8 Å². The van der Waals surface area contributed by atoms with Crippen LogP contribution in [0.4, 0.5) is 4.39 Å². The van der Waals surface area contributed by atoms with E-state index in [1.165, 1.54) is 18.2 Å². The predicted octanol–water partition coefficient (Wildman–Crippen LogP) is 3.35. The van der Waals surface area contributed by atoms with Crippen LogP contribution in [0.1, 0.15) is 66.6 Å². The molecule has 3 rings (SSSR count). The fourth-order valence-electron chi connectivity index (χ4n) is 3.25. The zero-order valence-electron chi connectivity index (χ0n) is 18.3. The highest BCUT2D eigenvalue weighted by Crippen LogP contribution is 2.18. The summed E-state index contributed by atoms with van der Waals surface area (Å²) in [5.74, 6) is -2.34. The molecule has 0 saturated carbocycles. The third-order valence-electron chi connectivity index (χ3n) is 5.14. The van der Waals surface area contributed by atoms with E-state index in [4.69, 9.17) is 5.11 Å². The van der Waals surface area contributed by atoms with Gasteiger partial charge in [0.05, 0.1) is 11.6 Å². The van der Waals surface area contributed by atoms with Gasteiger partial charge in [0, 0.05) is 12.6 Å². The van der Waals surface area contributed by atoms with Gasteiger partial charge in [-0.25, -0.2) is 19.2 Å². The Morgan fingerprint density at radius 2 is 1.67 bits per heavy atom. The normalized spacial score (nSPS) is 11.5. The molecule has 0 unspecified atom stereocenters. The van der Waals surface area contributed by atoms with Crippen molar-refractivity contribution in [2.75, 3.05) is 0 Å².